The van der Waals surface area contributed by atoms with Gasteiger partial charge in [-0.25, -0.2) is 9.78 Å². The summed E-state index contributed by atoms with van der Waals surface area (Å²) in [7, 11) is 1.49. The highest BCUT2D eigenvalue weighted by Crippen LogP contribution is 2.32. The molecule has 164 valence electrons. The van der Waals surface area contributed by atoms with Gasteiger partial charge >= 0.3 is 6.09 Å². The number of carboxylic acid groups (broad SMARTS) is 1. The molecule has 0 saturated carbocycles. The third kappa shape index (κ3) is 4.53. The lowest BCUT2D eigenvalue weighted by atomic mass is 10.2. The van der Waals surface area contributed by atoms with Crippen LogP contribution in [0.2, 0.25) is 5.02 Å². The first-order valence-electron chi connectivity index (χ1n) is 9.51. The number of nitrogens with one attached hydrogen (secondary N) is 1. The molecule has 2 aromatic heterocycles. The first-order valence-corrected chi connectivity index (χ1v) is 10.7. The van der Waals surface area contributed by atoms with Crippen LogP contribution < -0.4 is 20.3 Å². The number of thiophene rings is 1. The van der Waals surface area contributed by atoms with Crippen LogP contribution in [0.15, 0.2) is 59.7 Å². The molecule has 0 aliphatic carbocycles. The highest BCUT2D eigenvalue weighted by molar-refractivity contribution is 7.22. The summed E-state index contributed by atoms with van der Waals surface area (Å²) >= 11 is 7.34. The van der Waals surface area contributed by atoms with Crippen LogP contribution in [-0.2, 0) is 0 Å². The molecule has 0 aliphatic rings. The molecule has 0 saturated heterocycles. The number of ether oxygens (including phenoxy) is 2. The predicted octanol–water partition coefficient (Wildman–Crippen LogP) is 4.42. The van der Waals surface area contributed by atoms with E-state index in [0.29, 0.717) is 32.4 Å². The molecule has 0 radical (unpaired) electrons. The lowest BCUT2D eigenvalue weighted by Crippen LogP contribution is -2.26. The molecule has 0 unspecified atom stereocenters. The molecule has 4 aromatic rings. The van der Waals surface area contributed by atoms with E-state index in [1.807, 2.05) is 18.2 Å². The van der Waals surface area contributed by atoms with E-state index in [9.17, 15) is 9.59 Å². The van der Waals surface area contributed by atoms with Crippen LogP contribution in [0.25, 0.3) is 26.3 Å². The van der Waals surface area contributed by atoms with Gasteiger partial charge in [0.25, 0.3) is 5.56 Å². The number of hydrogen-bond acceptors (Lipinski definition) is 6. The monoisotopic (exact) mass is 471 g/mol. The number of carbonyl (C=O) groups is 1. The van der Waals surface area contributed by atoms with Crippen molar-refractivity contribution in [2.24, 2.45) is 0 Å². The zero-order chi connectivity index (χ0) is 22.7. The summed E-state index contributed by atoms with van der Waals surface area (Å²) in [5.74, 6) is 0.851. The van der Waals surface area contributed by atoms with Crippen LogP contribution in [-0.4, -0.2) is 41.0 Å². The van der Waals surface area contributed by atoms with Gasteiger partial charge in [0.1, 0.15) is 17.6 Å². The maximum Gasteiger partial charge on any atom is 0.404 e. The van der Waals surface area contributed by atoms with Crippen molar-refractivity contribution in [3.63, 3.8) is 0 Å². The van der Waals surface area contributed by atoms with Gasteiger partial charge in [-0.15, -0.1) is 11.3 Å². The number of fused-ring (bicyclic) bond motifs is 1. The Morgan fingerprint density at radius 2 is 1.97 bits per heavy atom. The molecule has 0 aliphatic heterocycles. The summed E-state index contributed by atoms with van der Waals surface area (Å²) in [5.41, 5.74) is 1.96. The topological polar surface area (TPSA) is 103 Å². The minimum atomic E-state index is -1.12. The standard InChI is InChI=1S/C22H18ClN3O5S/c1-30-18-10-15(6-7-17(18)31-9-8-24-22(28)29)26-12-25-16-11-19(32-20(16)21(26)27)13-2-4-14(23)5-3-13/h2-7,10-12,24H,8-9H2,1H3,(H,28,29). The highest BCUT2D eigenvalue weighted by atomic mass is 35.5. The Labute approximate surface area is 191 Å². The van der Waals surface area contributed by atoms with E-state index in [0.717, 1.165) is 10.4 Å². The molecular formula is C22H18ClN3O5S. The Hall–Kier alpha value is -3.56. The van der Waals surface area contributed by atoms with Gasteiger partial charge < -0.3 is 19.9 Å². The van der Waals surface area contributed by atoms with Gasteiger partial charge in [0, 0.05) is 16.0 Å². The van der Waals surface area contributed by atoms with Gasteiger partial charge in [-0.3, -0.25) is 9.36 Å². The molecule has 0 bridgehead atoms. The Balaban J connectivity index is 1.64. The normalized spacial score (nSPS) is 10.8. The van der Waals surface area contributed by atoms with Crippen molar-refractivity contribution >= 4 is 39.2 Å². The van der Waals surface area contributed by atoms with Crippen LogP contribution >= 0.6 is 22.9 Å². The number of hydrogen-bond donors (Lipinski definition) is 2. The second kappa shape index (κ2) is 9.29. The molecule has 0 spiro atoms. The third-order valence-corrected chi connectivity index (χ3v) is 6.04. The Kier molecular flexibility index (Phi) is 6.29. The average molecular weight is 472 g/mol. The van der Waals surface area contributed by atoms with E-state index >= 15 is 0 Å². The average Bonchev–Trinajstić information content (AvgIpc) is 3.23. The quantitative estimate of drug-likeness (QED) is 0.387. The third-order valence-electron chi connectivity index (χ3n) is 4.63. The number of halogens is 1. The first kappa shape index (κ1) is 21.7. The van der Waals surface area contributed by atoms with E-state index in [-0.39, 0.29) is 18.7 Å². The van der Waals surface area contributed by atoms with Crippen molar-refractivity contribution in [1.82, 2.24) is 14.9 Å². The van der Waals surface area contributed by atoms with Crippen molar-refractivity contribution in [2.75, 3.05) is 20.3 Å². The second-order valence-electron chi connectivity index (χ2n) is 6.67. The van der Waals surface area contributed by atoms with E-state index in [2.05, 4.69) is 10.3 Å². The SMILES string of the molecule is COc1cc(-n2cnc3cc(-c4ccc(Cl)cc4)sc3c2=O)ccc1OCCNC(=O)O. The largest absolute Gasteiger partial charge is 0.493 e. The van der Waals surface area contributed by atoms with Crippen LogP contribution in [0, 0.1) is 0 Å². The summed E-state index contributed by atoms with van der Waals surface area (Å²) in [4.78, 5) is 29.1. The van der Waals surface area contributed by atoms with E-state index < -0.39 is 6.09 Å². The van der Waals surface area contributed by atoms with Gasteiger partial charge in [-0.1, -0.05) is 23.7 Å². The summed E-state index contributed by atoms with van der Waals surface area (Å²) in [6.45, 7) is 0.271. The van der Waals surface area contributed by atoms with Crippen LogP contribution in [0.3, 0.4) is 0 Å². The molecular weight excluding hydrogens is 454 g/mol. The zero-order valence-electron chi connectivity index (χ0n) is 16.9. The van der Waals surface area contributed by atoms with Gasteiger partial charge in [0.05, 0.1) is 24.9 Å². The van der Waals surface area contributed by atoms with Crippen molar-refractivity contribution < 1.29 is 19.4 Å². The van der Waals surface area contributed by atoms with Crippen molar-refractivity contribution in [1.29, 1.82) is 0 Å². The number of methoxy groups -OCH3 is 1. The highest BCUT2D eigenvalue weighted by Gasteiger charge is 2.13. The summed E-state index contributed by atoms with van der Waals surface area (Å²) in [5, 5.41) is 11.5. The second-order valence-corrected chi connectivity index (χ2v) is 8.16. The molecule has 32 heavy (non-hydrogen) atoms. The lowest BCUT2D eigenvalue weighted by Gasteiger charge is -2.13. The van der Waals surface area contributed by atoms with Gasteiger partial charge in [-0.2, -0.15) is 0 Å². The van der Waals surface area contributed by atoms with Gasteiger partial charge in [0.15, 0.2) is 11.5 Å². The van der Waals surface area contributed by atoms with Gasteiger partial charge in [0.2, 0.25) is 0 Å². The lowest BCUT2D eigenvalue weighted by molar-refractivity contribution is 0.191. The molecule has 10 heteroatoms. The maximum atomic E-state index is 13.2. The summed E-state index contributed by atoms with van der Waals surface area (Å²) < 4.78 is 12.9. The van der Waals surface area contributed by atoms with E-state index in [1.54, 1.807) is 30.3 Å². The summed E-state index contributed by atoms with van der Waals surface area (Å²) in [6.07, 6.45) is 0.362. The molecule has 0 atom stereocenters. The van der Waals surface area contributed by atoms with Crippen LogP contribution in [0.4, 0.5) is 4.79 Å². The fourth-order valence-electron chi connectivity index (χ4n) is 3.10. The first-order chi connectivity index (χ1) is 15.5. The van der Waals surface area contributed by atoms with Crippen molar-refractivity contribution in [2.45, 2.75) is 0 Å². The Bertz CT molecular complexity index is 1330. The van der Waals surface area contributed by atoms with Gasteiger partial charge in [-0.05, 0) is 35.9 Å². The fourth-order valence-corrected chi connectivity index (χ4v) is 4.27. The zero-order valence-corrected chi connectivity index (χ0v) is 18.4. The van der Waals surface area contributed by atoms with Crippen LogP contribution in [0.5, 0.6) is 11.5 Å². The molecule has 1 amide bonds. The number of rotatable bonds is 7. The predicted molar refractivity (Wildman–Crippen MR) is 124 cm³/mol. The molecule has 8 nitrogen and oxygen atoms in total. The molecule has 2 N–H and O–H groups in total. The smallest absolute Gasteiger partial charge is 0.404 e. The van der Waals surface area contributed by atoms with E-state index in [1.165, 1.54) is 29.3 Å². The molecule has 2 heterocycles. The number of benzene rings is 2. The fraction of sp³-hybridized carbons (Fsp3) is 0.136. The minimum absolute atomic E-state index is 0.134. The summed E-state index contributed by atoms with van der Waals surface area (Å²) in [6, 6.07) is 14.4. The molecule has 2 aromatic carbocycles. The Morgan fingerprint density at radius 1 is 1.19 bits per heavy atom. The number of amides is 1. The van der Waals surface area contributed by atoms with Crippen molar-refractivity contribution in [3.8, 4) is 27.6 Å². The van der Waals surface area contributed by atoms with E-state index in [4.69, 9.17) is 26.2 Å². The molecule has 4 rings (SSSR count). The maximum absolute atomic E-state index is 13.2. The number of nitrogens with zero attached hydrogens (tertiary/aromatic N) is 2. The molecule has 0 fully saturated rings. The van der Waals surface area contributed by atoms with Crippen LogP contribution in [0.1, 0.15) is 0 Å². The minimum Gasteiger partial charge on any atom is -0.493 e. The number of aromatic nitrogens is 2. The van der Waals surface area contributed by atoms with Crippen molar-refractivity contribution in [3.05, 3.63) is 70.2 Å². The Morgan fingerprint density at radius 3 is 2.69 bits per heavy atom.